The highest BCUT2D eigenvalue weighted by Gasteiger charge is 2.03. The first kappa shape index (κ1) is 10.6. The van der Waals surface area contributed by atoms with Crippen LogP contribution in [-0.4, -0.2) is 30.4 Å². The van der Waals surface area contributed by atoms with Crippen LogP contribution in [0.15, 0.2) is 12.2 Å². The fourth-order valence-electron chi connectivity index (χ4n) is 0.390. The number of hydrogen-bond acceptors (Lipinski definition) is 4. The number of rotatable bonds is 4. The Bertz CT molecular complexity index is 196. The minimum Gasteiger partial charge on any atom is -0.478 e. The lowest BCUT2D eigenvalue weighted by atomic mass is 10.5. The third-order valence-electron chi connectivity index (χ3n) is 0.976. The molecule has 1 atom stereocenters. The molecule has 68 valence electrons. The number of esters is 1. The van der Waals surface area contributed by atoms with Crippen molar-refractivity contribution in [2.24, 2.45) is 0 Å². The summed E-state index contributed by atoms with van der Waals surface area (Å²) in [6.45, 7) is 1.52. The molecule has 0 spiro atoms. The van der Waals surface area contributed by atoms with Gasteiger partial charge >= 0.3 is 11.9 Å². The standard InChI is InChI=1S/C7H10O5/c1-5(11-2)12-7(10)4-3-6(8)9/h3-5H,1-2H3,(H,8,9). The van der Waals surface area contributed by atoms with Crippen LogP contribution in [-0.2, 0) is 19.1 Å². The Morgan fingerprint density at radius 2 is 2.00 bits per heavy atom. The van der Waals surface area contributed by atoms with Crippen LogP contribution in [0.4, 0.5) is 0 Å². The number of hydrogen-bond donors (Lipinski definition) is 1. The third kappa shape index (κ3) is 5.43. The zero-order valence-corrected chi connectivity index (χ0v) is 6.81. The quantitative estimate of drug-likeness (QED) is 0.373. The van der Waals surface area contributed by atoms with E-state index in [0.29, 0.717) is 6.08 Å². The van der Waals surface area contributed by atoms with Crippen LogP contribution in [0, 0.1) is 0 Å². The molecule has 5 heteroatoms. The number of carbonyl (C=O) groups is 2. The van der Waals surface area contributed by atoms with Crippen molar-refractivity contribution in [2.45, 2.75) is 13.2 Å². The van der Waals surface area contributed by atoms with E-state index in [-0.39, 0.29) is 0 Å². The molecule has 1 unspecified atom stereocenters. The van der Waals surface area contributed by atoms with Crippen molar-refractivity contribution in [2.75, 3.05) is 7.11 Å². The number of aliphatic carboxylic acids is 1. The lowest BCUT2D eigenvalue weighted by molar-refractivity contribution is -0.163. The number of carbonyl (C=O) groups excluding carboxylic acids is 1. The van der Waals surface area contributed by atoms with Crippen LogP contribution in [0.25, 0.3) is 0 Å². The number of methoxy groups -OCH3 is 1. The van der Waals surface area contributed by atoms with Gasteiger partial charge in [-0.2, -0.15) is 0 Å². The van der Waals surface area contributed by atoms with Crippen LogP contribution in [0.1, 0.15) is 6.92 Å². The molecule has 0 saturated carbocycles. The molecule has 1 N–H and O–H groups in total. The van der Waals surface area contributed by atoms with Crippen LogP contribution in [0.2, 0.25) is 0 Å². The average molecular weight is 174 g/mol. The van der Waals surface area contributed by atoms with Crippen molar-refractivity contribution in [3.8, 4) is 0 Å². The Hall–Kier alpha value is -1.36. The summed E-state index contributed by atoms with van der Waals surface area (Å²) >= 11 is 0. The van der Waals surface area contributed by atoms with Gasteiger partial charge in [-0.15, -0.1) is 0 Å². The molecular formula is C7H10O5. The molecule has 0 heterocycles. The summed E-state index contributed by atoms with van der Waals surface area (Å²) in [5.41, 5.74) is 0. The second-order valence-corrected chi connectivity index (χ2v) is 1.91. The largest absolute Gasteiger partial charge is 0.478 e. The van der Waals surface area contributed by atoms with E-state index >= 15 is 0 Å². The van der Waals surface area contributed by atoms with E-state index in [1.165, 1.54) is 14.0 Å². The maximum absolute atomic E-state index is 10.7. The monoisotopic (exact) mass is 174 g/mol. The van der Waals surface area contributed by atoms with Gasteiger partial charge in [0, 0.05) is 19.3 Å². The molecule has 5 nitrogen and oxygen atoms in total. The van der Waals surface area contributed by atoms with E-state index < -0.39 is 18.2 Å². The molecule has 0 aromatic rings. The maximum Gasteiger partial charge on any atom is 0.333 e. The van der Waals surface area contributed by atoms with Gasteiger partial charge < -0.3 is 14.6 Å². The van der Waals surface area contributed by atoms with Crippen molar-refractivity contribution in [1.82, 2.24) is 0 Å². The molecule has 12 heavy (non-hydrogen) atoms. The van der Waals surface area contributed by atoms with Crippen molar-refractivity contribution in [3.05, 3.63) is 12.2 Å². The SMILES string of the molecule is COC(C)OC(=O)C=CC(=O)O. The van der Waals surface area contributed by atoms with Crippen LogP contribution >= 0.6 is 0 Å². The van der Waals surface area contributed by atoms with Gasteiger partial charge in [0.2, 0.25) is 0 Å². The topological polar surface area (TPSA) is 72.8 Å². The van der Waals surface area contributed by atoms with Crippen molar-refractivity contribution in [3.63, 3.8) is 0 Å². The fraction of sp³-hybridized carbons (Fsp3) is 0.429. The Balaban J connectivity index is 3.81. The van der Waals surface area contributed by atoms with Gasteiger partial charge in [-0.1, -0.05) is 0 Å². The lowest BCUT2D eigenvalue weighted by Gasteiger charge is -2.07. The van der Waals surface area contributed by atoms with Crippen molar-refractivity contribution < 1.29 is 24.2 Å². The Morgan fingerprint density at radius 1 is 1.42 bits per heavy atom. The summed E-state index contributed by atoms with van der Waals surface area (Å²) in [7, 11) is 1.37. The molecule has 0 amide bonds. The molecule has 0 bridgehead atoms. The summed E-state index contributed by atoms with van der Waals surface area (Å²) in [5, 5.41) is 8.13. The number of ether oxygens (including phenoxy) is 2. The molecule has 0 aliphatic heterocycles. The molecule has 0 rings (SSSR count). The molecule has 0 aliphatic carbocycles. The number of carboxylic acid groups (broad SMARTS) is 1. The minimum atomic E-state index is -1.20. The highest BCUT2D eigenvalue weighted by molar-refractivity contribution is 5.90. The van der Waals surface area contributed by atoms with Crippen molar-refractivity contribution in [1.29, 1.82) is 0 Å². The van der Waals surface area contributed by atoms with Gasteiger partial charge in [0.25, 0.3) is 0 Å². The van der Waals surface area contributed by atoms with Gasteiger partial charge in [-0.25, -0.2) is 9.59 Å². The summed E-state index contributed by atoms with van der Waals surface area (Å²) in [6.07, 6.45) is 0.846. The maximum atomic E-state index is 10.7. The first-order valence-corrected chi connectivity index (χ1v) is 3.20. The third-order valence-corrected chi connectivity index (χ3v) is 0.976. The molecule has 0 aromatic heterocycles. The predicted molar refractivity (Wildman–Crippen MR) is 39.3 cm³/mol. The second kappa shape index (κ2) is 5.31. The predicted octanol–water partition coefficient (Wildman–Crippen LogP) is 0.163. The molecule has 0 aromatic carbocycles. The zero-order valence-electron chi connectivity index (χ0n) is 6.81. The normalized spacial score (nSPS) is 12.8. The molecular weight excluding hydrogens is 164 g/mol. The molecule has 0 saturated heterocycles. The van der Waals surface area contributed by atoms with E-state index in [9.17, 15) is 9.59 Å². The second-order valence-electron chi connectivity index (χ2n) is 1.91. The lowest BCUT2D eigenvalue weighted by Crippen LogP contribution is -2.14. The summed E-state index contributed by atoms with van der Waals surface area (Å²) < 4.78 is 9.14. The number of carboxylic acids is 1. The average Bonchev–Trinajstić information content (AvgIpc) is 2.00. The van der Waals surface area contributed by atoms with Crippen molar-refractivity contribution >= 4 is 11.9 Å². The first-order chi connectivity index (χ1) is 5.56. The molecule has 0 aliphatic rings. The van der Waals surface area contributed by atoms with E-state index in [4.69, 9.17) is 5.11 Å². The molecule has 0 fully saturated rings. The van der Waals surface area contributed by atoms with E-state index in [2.05, 4.69) is 9.47 Å². The zero-order chi connectivity index (χ0) is 9.56. The summed E-state index contributed by atoms with van der Waals surface area (Å²) in [6, 6.07) is 0. The Morgan fingerprint density at radius 3 is 2.42 bits per heavy atom. The smallest absolute Gasteiger partial charge is 0.333 e. The van der Waals surface area contributed by atoms with Gasteiger partial charge in [0.1, 0.15) is 0 Å². The molecule has 0 radical (unpaired) electrons. The van der Waals surface area contributed by atoms with Gasteiger partial charge in [0.05, 0.1) is 0 Å². The van der Waals surface area contributed by atoms with Crippen LogP contribution in [0.5, 0.6) is 0 Å². The van der Waals surface area contributed by atoms with Gasteiger partial charge in [-0.05, 0) is 6.92 Å². The van der Waals surface area contributed by atoms with E-state index in [0.717, 1.165) is 6.08 Å². The minimum absolute atomic E-state index is 0.670. The highest BCUT2D eigenvalue weighted by Crippen LogP contribution is 1.92. The fourth-order valence-corrected chi connectivity index (χ4v) is 0.390. The Labute approximate surface area is 69.6 Å². The van der Waals surface area contributed by atoms with E-state index in [1.807, 2.05) is 0 Å². The first-order valence-electron chi connectivity index (χ1n) is 3.20. The summed E-state index contributed by atoms with van der Waals surface area (Å²) in [4.78, 5) is 20.6. The van der Waals surface area contributed by atoms with Crippen LogP contribution < -0.4 is 0 Å². The van der Waals surface area contributed by atoms with E-state index in [1.54, 1.807) is 0 Å². The van der Waals surface area contributed by atoms with Gasteiger partial charge in [0.15, 0.2) is 6.29 Å². The Kier molecular flexibility index (Phi) is 4.71. The highest BCUT2D eigenvalue weighted by atomic mass is 16.7. The summed E-state index contributed by atoms with van der Waals surface area (Å²) in [5.74, 6) is -1.94. The van der Waals surface area contributed by atoms with Gasteiger partial charge in [-0.3, -0.25) is 0 Å². The van der Waals surface area contributed by atoms with Crippen LogP contribution in [0.3, 0.4) is 0 Å².